The second-order valence-electron chi connectivity index (χ2n) is 4.60. The van der Waals surface area contributed by atoms with Crippen LogP contribution in [0.2, 0.25) is 5.02 Å². The Kier molecular flexibility index (Phi) is 3.38. The molecule has 0 saturated heterocycles. The molecule has 0 saturated carbocycles. The molecule has 1 heterocycles. The zero-order chi connectivity index (χ0) is 14.1. The highest BCUT2D eigenvalue weighted by Gasteiger charge is 2.13. The number of nitrogens with two attached hydrogens (primary N) is 1. The van der Waals surface area contributed by atoms with E-state index >= 15 is 0 Å². The van der Waals surface area contributed by atoms with Crippen molar-refractivity contribution in [3.05, 3.63) is 76.8 Å². The zero-order valence-corrected chi connectivity index (χ0v) is 11.3. The fourth-order valence-electron chi connectivity index (χ4n) is 2.30. The van der Waals surface area contributed by atoms with Gasteiger partial charge in [-0.1, -0.05) is 35.9 Å². The van der Waals surface area contributed by atoms with Crippen LogP contribution in [0.1, 0.15) is 17.2 Å². The number of halogens is 2. The van der Waals surface area contributed by atoms with Crippen molar-refractivity contribution >= 4 is 22.4 Å². The molecule has 20 heavy (non-hydrogen) atoms. The molecule has 0 radical (unpaired) electrons. The van der Waals surface area contributed by atoms with Crippen LogP contribution in [0, 0.1) is 5.82 Å². The first kappa shape index (κ1) is 13.0. The topological polar surface area (TPSA) is 38.9 Å². The Bertz CT molecular complexity index is 768. The maximum Gasteiger partial charge on any atom is 0.141 e. The number of nitrogens with zero attached hydrogens (tertiary/aromatic N) is 1. The van der Waals surface area contributed by atoms with Gasteiger partial charge in [-0.2, -0.15) is 0 Å². The number of rotatable bonds is 2. The molecule has 2 nitrogen and oxygen atoms in total. The maximum atomic E-state index is 13.2. The predicted octanol–water partition coefficient (Wildman–Crippen LogP) is 4.08. The third-order valence-corrected chi connectivity index (χ3v) is 3.64. The van der Waals surface area contributed by atoms with E-state index in [1.54, 1.807) is 24.5 Å². The van der Waals surface area contributed by atoms with Crippen molar-refractivity contribution in [1.82, 2.24) is 4.98 Å². The summed E-state index contributed by atoms with van der Waals surface area (Å²) in [7, 11) is 0. The molecule has 1 atom stereocenters. The average molecular weight is 287 g/mol. The van der Waals surface area contributed by atoms with Gasteiger partial charge in [0.15, 0.2) is 0 Å². The van der Waals surface area contributed by atoms with Crippen molar-refractivity contribution in [1.29, 1.82) is 0 Å². The summed E-state index contributed by atoms with van der Waals surface area (Å²) >= 11 is 5.82. The van der Waals surface area contributed by atoms with E-state index in [-0.39, 0.29) is 11.1 Å². The van der Waals surface area contributed by atoms with E-state index in [0.717, 1.165) is 21.9 Å². The molecule has 3 rings (SSSR count). The van der Waals surface area contributed by atoms with E-state index < -0.39 is 5.82 Å². The van der Waals surface area contributed by atoms with Crippen LogP contribution in [0.5, 0.6) is 0 Å². The molecule has 2 N–H and O–H groups in total. The molecule has 0 aliphatic carbocycles. The summed E-state index contributed by atoms with van der Waals surface area (Å²) in [5.74, 6) is -0.440. The number of fused-ring (bicyclic) bond motifs is 1. The fourth-order valence-corrected chi connectivity index (χ4v) is 2.49. The van der Waals surface area contributed by atoms with Gasteiger partial charge in [0, 0.05) is 17.8 Å². The molecule has 3 aromatic rings. The SMILES string of the molecule is NC(c1ccc(F)c(Cl)c1)c1cccc2cnccc12. The van der Waals surface area contributed by atoms with E-state index in [1.165, 1.54) is 6.07 Å². The molecular formula is C16H12ClFN2. The molecule has 0 bridgehead atoms. The van der Waals surface area contributed by atoms with Gasteiger partial charge in [-0.15, -0.1) is 0 Å². The van der Waals surface area contributed by atoms with E-state index in [0.29, 0.717) is 0 Å². The second kappa shape index (κ2) is 5.19. The molecule has 2 aromatic carbocycles. The van der Waals surface area contributed by atoms with Crippen molar-refractivity contribution in [2.24, 2.45) is 5.73 Å². The zero-order valence-electron chi connectivity index (χ0n) is 10.6. The summed E-state index contributed by atoms with van der Waals surface area (Å²) in [5, 5.41) is 2.14. The highest BCUT2D eigenvalue weighted by molar-refractivity contribution is 6.30. The molecule has 1 unspecified atom stereocenters. The third-order valence-electron chi connectivity index (χ3n) is 3.35. The number of hydrogen-bond donors (Lipinski definition) is 1. The summed E-state index contributed by atoms with van der Waals surface area (Å²) in [4.78, 5) is 4.10. The lowest BCUT2D eigenvalue weighted by molar-refractivity contribution is 0.627. The Balaban J connectivity index is 2.12. The fraction of sp³-hybridized carbons (Fsp3) is 0.0625. The largest absolute Gasteiger partial charge is 0.320 e. The average Bonchev–Trinajstić information content (AvgIpc) is 2.49. The van der Waals surface area contributed by atoms with E-state index in [2.05, 4.69) is 4.98 Å². The summed E-state index contributed by atoms with van der Waals surface area (Å²) in [6.07, 6.45) is 3.53. The third kappa shape index (κ3) is 2.26. The minimum Gasteiger partial charge on any atom is -0.320 e. The maximum absolute atomic E-state index is 13.2. The van der Waals surface area contributed by atoms with Gasteiger partial charge in [0.2, 0.25) is 0 Å². The van der Waals surface area contributed by atoms with Gasteiger partial charge in [-0.05, 0) is 34.7 Å². The lowest BCUT2D eigenvalue weighted by atomic mass is 9.95. The van der Waals surface area contributed by atoms with Crippen molar-refractivity contribution < 1.29 is 4.39 Å². The normalized spacial score (nSPS) is 12.6. The van der Waals surface area contributed by atoms with Crippen molar-refractivity contribution in [2.75, 3.05) is 0 Å². The van der Waals surface area contributed by atoms with E-state index in [4.69, 9.17) is 17.3 Å². The van der Waals surface area contributed by atoms with Crippen LogP contribution in [0.25, 0.3) is 10.8 Å². The molecule has 4 heteroatoms. The number of hydrogen-bond acceptors (Lipinski definition) is 2. The van der Waals surface area contributed by atoms with Crippen molar-refractivity contribution in [3.63, 3.8) is 0 Å². The van der Waals surface area contributed by atoms with Gasteiger partial charge in [-0.25, -0.2) is 4.39 Å². The smallest absolute Gasteiger partial charge is 0.141 e. The minimum absolute atomic E-state index is 0.0832. The van der Waals surface area contributed by atoms with Gasteiger partial charge < -0.3 is 5.73 Å². The van der Waals surface area contributed by atoms with Crippen molar-refractivity contribution in [3.8, 4) is 0 Å². The molecule has 0 amide bonds. The van der Waals surface area contributed by atoms with Gasteiger partial charge >= 0.3 is 0 Å². The number of benzene rings is 2. The first-order valence-corrected chi connectivity index (χ1v) is 6.58. The molecule has 0 aliphatic heterocycles. The Hall–Kier alpha value is -1.97. The Morgan fingerprint density at radius 2 is 2.00 bits per heavy atom. The van der Waals surface area contributed by atoms with Crippen LogP contribution >= 0.6 is 11.6 Å². The molecule has 0 aliphatic rings. The molecule has 0 fully saturated rings. The van der Waals surface area contributed by atoms with Crippen LogP contribution < -0.4 is 5.73 Å². The van der Waals surface area contributed by atoms with Gasteiger partial charge in [-0.3, -0.25) is 4.98 Å². The Morgan fingerprint density at radius 1 is 1.15 bits per heavy atom. The highest BCUT2D eigenvalue weighted by atomic mass is 35.5. The molecular weight excluding hydrogens is 275 g/mol. The van der Waals surface area contributed by atoms with E-state index in [1.807, 2.05) is 24.3 Å². The summed E-state index contributed by atoms with van der Waals surface area (Å²) in [6.45, 7) is 0. The van der Waals surface area contributed by atoms with Crippen molar-refractivity contribution in [2.45, 2.75) is 6.04 Å². The first-order chi connectivity index (χ1) is 9.66. The number of aromatic nitrogens is 1. The molecule has 1 aromatic heterocycles. The standard InChI is InChI=1S/C16H12ClFN2/c17-14-8-10(4-5-15(14)18)16(19)13-3-1-2-11-9-20-7-6-12(11)13/h1-9,16H,19H2. The summed E-state index contributed by atoms with van der Waals surface area (Å²) in [6, 6.07) is 12.0. The summed E-state index contributed by atoms with van der Waals surface area (Å²) < 4.78 is 13.2. The first-order valence-electron chi connectivity index (χ1n) is 6.20. The molecule has 0 spiro atoms. The van der Waals surface area contributed by atoms with Gasteiger partial charge in [0.25, 0.3) is 0 Å². The quantitative estimate of drug-likeness (QED) is 0.771. The van der Waals surface area contributed by atoms with Crippen LogP contribution in [0.3, 0.4) is 0 Å². The van der Waals surface area contributed by atoms with Crippen LogP contribution in [0.15, 0.2) is 54.9 Å². The van der Waals surface area contributed by atoms with Crippen LogP contribution in [-0.4, -0.2) is 4.98 Å². The summed E-state index contributed by atoms with van der Waals surface area (Å²) in [5.41, 5.74) is 8.04. The minimum atomic E-state index is -0.440. The molecule has 100 valence electrons. The Labute approximate surface area is 121 Å². The van der Waals surface area contributed by atoms with Gasteiger partial charge in [0.05, 0.1) is 11.1 Å². The highest BCUT2D eigenvalue weighted by Crippen LogP contribution is 2.28. The lowest BCUT2D eigenvalue weighted by Crippen LogP contribution is -2.12. The van der Waals surface area contributed by atoms with Gasteiger partial charge in [0.1, 0.15) is 5.82 Å². The van der Waals surface area contributed by atoms with Crippen LogP contribution in [0.4, 0.5) is 4.39 Å². The monoisotopic (exact) mass is 286 g/mol. The Morgan fingerprint density at radius 3 is 2.80 bits per heavy atom. The second-order valence-corrected chi connectivity index (χ2v) is 5.00. The number of pyridine rings is 1. The van der Waals surface area contributed by atoms with E-state index in [9.17, 15) is 4.39 Å². The predicted molar refractivity (Wildman–Crippen MR) is 79.2 cm³/mol. The van der Waals surface area contributed by atoms with Crippen LogP contribution in [-0.2, 0) is 0 Å². The lowest BCUT2D eigenvalue weighted by Gasteiger charge is -2.15.